The van der Waals surface area contributed by atoms with Crippen molar-refractivity contribution in [1.82, 2.24) is 4.90 Å². The van der Waals surface area contributed by atoms with Crippen molar-refractivity contribution in [1.29, 1.82) is 0 Å². The first-order valence-electron chi connectivity index (χ1n) is 6.86. The van der Waals surface area contributed by atoms with Crippen LogP contribution in [-0.4, -0.2) is 54.3 Å². The summed E-state index contributed by atoms with van der Waals surface area (Å²) in [6.45, 7) is 5.69. The van der Waals surface area contributed by atoms with E-state index in [9.17, 15) is 9.59 Å². The van der Waals surface area contributed by atoms with Crippen LogP contribution in [0.15, 0.2) is 18.2 Å². The summed E-state index contributed by atoms with van der Waals surface area (Å²) in [5.41, 5.74) is 0.892. The molecule has 6 heteroatoms. The van der Waals surface area contributed by atoms with Gasteiger partial charge in [-0.2, -0.15) is 0 Å². The fourth-order valence-electron chi connectivity index (χ4n) is 2.20. The molecule has 1 N–H and O–H groups in total. The van der Waals surface area contributed by atoms with E-state index in [0.29, 0.717) is 37.6 Å². The predicted molar refractivity (Wildman–Crippen MR) is 75.6 cm³/mol. The number of hydrogen-bond acceptors (Lipinski definition) is 4. The van der Waals surface area contributed by atoms with Crippen molar-refractivity contribution < 1.29 is 24.2 Å². The van der Waals surface area contributed by atoms with E-state index in [2.05, 4.69) is 0 Å². The Morgan fingerprint density at radius 1 is 1.33 bits per heavy atom. The number of benzene rings is 1. The van der Waals surface area contributed by atoms with Crippen LogP contribution in [0.25, 0.3) is 0 Å². The second kappa shape index (κ2) is 6.58. The van der Waals surface area contributed by atoms with Crippen LogP contribution in [0.1, 0.15) is 22.8 Å². The largest absolute Gasteiger partial charge is 0.481 e. The number of carboxylic acids is 1. The van der Waals surface area contributed by atoms with E-state index in [0.717, 1.165) is 0 Å². The summed E-state index contributed by atoms with van der Waals surface area (Å²) in [4.78, 5) is 24.8. The van der Waals surface area contributed by atoms with Crippen LogP contribution in [0.3, 0.4) is 0 Å². The maximum atomic E-state index is 12.2. The van der Waals surface area contributed by atoms with Gasteiger partial charge in [-0.25, -0.2) is 4.79 Å². The van der Waals surface area contributed by atoms with Crippen LogP contribution in [-0.2, 0) is 9.53 Å². The molecule has 2 rings (SSSR count). The van der Waals surface area contributed by atoms with Crippen LogP contribution in [0.5, 0.6) is 5.75 Å². The number of aromatic carboxylic acids is 1. The monoisotopic (exact) mass is 293 g/mol. The van der Waals surface area contributed by atoms with Crippen LogP contribution in [0.2, 0.25) is 0 Å². The fourth-order valence-corrected chi connectivity index (χ4v) is 2.20. The zero-order valence-electron chi connectivity index (χ0n) is 12.2. The standard InChI is InChI=1S/C15H19NO5/c1-10-9-12(15(18)19)3-4-13(10)21-11(2)14(17)16-5-7-20-8-6-16/h3-4,9,11H,5-8H2,1-2H3,(H,18,19). The molecule has 1 aliphatic rings. The molecule has 0 spiro atoms. The Labute approximate surface area is 123 Å². The maximum Gasteiger partial charge on any atom is 0.335 e. The van der Waals surface area contributed by atoms with Gasteiger partial charge in [0.2, 0.25) is 0 Å². The van der Waals surface area contributed by atoms with Crippen molar-refractivity contribution in [2.24, 2.45) is 0 Å². The van der Waals surface area contributed by atoms with Gasteiger partial charge < -0.3 is 19.5 Å². The molecule has 1 aromatic rings. The van der Waals surface area contributed by atoms with Crippen molar-refractivity contribution in [3.8, 4) is 5.75 Å². The van der Waals surface area contributed by atoms with E-state index in [-0.39, 0.29) is 11.5 Å². The number of carbonyl (C=O) groups excluding carboxylic acids is 1. The molecular weight excluding hydrogens is 274 g/mol. The Balaban J connectivity index is 2.03. The predicted octanol–water partition coefficient (Wildman–Crippen LogP) is 1.32. The molecule has 1 atom stereocenters. The molecule has 1 saturated heterocycles. The van der Waals surface area contributed by atoms with E-state index in [1.54, 1.807) is 24.8 Å². The summed E-state index contributed by atoms with van der Waals surface area (Å²) in [6.07, 6.45) is -0.613. The molecule has 6 nitrogen and oxygen atoms in total. The van der Waals surface area contributed by atoms with Gasteiger partial charge in [0.15, 0.2) is 6.10 Å². The van der Waals surface area contributed by atoms with Gasteiger partial charge in [-0.1, -0.05) is 0 Å². The lowest BCUT2D eigenvalue weighted by atomic mass is 10.1. The van der Waals surface area contributed by atoms with Crippen LogP contribution in [0, 0.1) is 6.92 Å². The summed E-state index contributed by atoms with van der Waals surface area (Å²) in [5, 5.41) is 8.93. The molecule has 1 amide bonds. The van der Waals surface area contributed by atoms with E-state index in [1.165, 1.54) is 12.1 Å². The number of carboxylic acid groups (broad SMARTS) is 1. The lowest BCUT2D eigenvalue weighted by Gasteiger charge is -2.29. The van der Waals surface area contributed by atoms with Crippen molar-refractivity contribution in [2.45, 2.75) is 20.0 Å². The number of carbonyl (C=O) groups is 2. The highest BCUT2D eigenvalue weighted by atomic mass is 16.5. The smallest absolute Gasteiger partial charge is 0.335 e. The van der Waals surface area contributed by atoms with Gasteiger partial charge >= 0.3 is 5.97 Å². The summed E-state index contributed by atoms with van der Waals surface area (Å²) in [7, 11) is 0. The SMILES string of the molecule is Cc1cc(C(=O)O)ccc1OC(C)C(=O)N1CCOCC1. The third-order valence-corrected chi connectivity index (χ3v) is 3.40. The van der Waals surface area contributed by atoms with Gasteiger partial charge in [-0.3, -0.25) is 4.79 Å². The molecule has 0 aromatic heterocycles. The summed E-state index contributed by atoms with van der Waals surface area (Å²) >= 11 is 0. The molecule has 1 unspecified atom stereocenters. The molecule has 21 heavy (non-hydrogen) atoms. The van der Waals surface area contributed by atoms with Crippen molar-refractivity contribution in [3.05, 3.63) is 29.3 Å². The number of ether oxygens (including phenoxy) is 2. The van der Waals surface area contributed by atoms with Crippen LogP contribution >= 0.6 is 0 Å². The number of morpholine rings is 1. The Morgan fingerprint density at radius 2 is 2.00 bits per heavy atom. The molecule has 1 aromatic carbocycles. The molecule has 0 bridgehead atoms. The van der Waals surface area contributed by atoms with Gasteiger partial charge in [-0.05, 0) is 37.6 Å². The normalized spacial score (nSPS) is 16.4. The zero-order chi connectivity index (χ0) is 15.4. The topological polar surface area (TPSA) is 76.1 Å². The average Bonchev–Trinajstić information content (AvgIpc) is 2.49. The lowest BCUT2D eigenvalue weighted by molar-refractivity contribution is -0.142. The number of rotatable bonds is 4. The molecule has 1 aliphatic heterocycles. The molecular formula is C15H19NO5. The average molecular weight is 293 g/mol. The molecule has 1 fully saturated rings. The van der Waals surface area contributed by atoms with Crippen molar-refractivity contribution in [3.63, 3.8) is 0 Å². The molecule has 0 aliphatic carbocycles. The summed E-state index contributed by atoms with van der Waals surface area (Å²) < 4.78 is 10.9. The Hall–Kier alpha value is -2.08. The summed E-state index contributed by atoms with van der Waals surface area (Å²) in [6, 6.07) is 4.59. The first-order chi connectivity index (χ1) is 9.99. The first kappa shape index (κ1) is 15.3. The quantitative estimate of drug-likeness (QED) is 0.906. The number of aryl methyl sites for hydroxylation is 1. The van der Waals surface area contributed by atoms with Gasteiger partial charge in [0.25, 0.3) is 5.91 Å². The lowest BCUT2D eigenvalue weighted by Crippen LogP contribution is -2.46. The van der Waals surface area contributed by atoms with E-state index in [4.69, 9.17) is 14.6 Å². The van der Waals surface area contributed by atoms with E-state index < -0.39 is 12.1 Å². The minimum Gasteiger partial charge on any atom is -0.481 e. The molecule has 0 radical (unpaired) electrons. The second-order valence-electron chi connectivity index (χ2n) is 4.98. The van der Waals surface area contributed by atoms with Crippen LogP contribution < -0.4 is 4.74 Å². The number of hydrogen-bond donors (Lipinski definition) is 1. The maximum absolute atomic E-state index is 12.2. The fraction of sp³-hybridized carbons (Fsp3) is 0.467. The Morgan fingerprint density at radius 3 is 2.57 bits per heavy atom. The highest BCUT2D eigenvalue weighted by molar-refractivity contribution is 5.88. The van der Waals surface area contributed by atoms with Gasteiger partial charge in [0.1, 0.15) is 5.75 Å². The third-order valence-electron chi connectivity index (χ3n) is 3.40. The van der Waals surface area contributed by atoms with Gasteiger partial charge in [0, 0.05) is 13.1 Å². The minimum absolute atomic E-state index is 0.0833. The Bertz CT molecular complexity index is 537. The highest BCUT2D eigenvalue weighted by Crippen LogP contribution is 2.21. The second-order valence-corrected chi connectivity index (χ2v) is 4.98. The molecule has 0 saturated carbocycles. The van der Waals surface area contributed by atoms with Crippen LogP contribution in [0.4, 0.5) is 0 Å². The molecule has 114 valence electrons. The van der Waals surface area contributed by atoms with E-state index >= 15 is 0 Å². The highest BCUT2D eigenvalue weighted by Gasteiger charge is 2.24. The van der Waals surface area contributed by atoms with Crippen molar-refractivity contribution >= 4 is 11.9 Å². The summed E-state index contributed by atoms with van der Waals surface area (Å²) in [5.74, 6) is -0.545. The van der Waals surface area contributed by atoms with Crippen molar-refractivity contribution in [2.75, 3.05) is 26.3 Å². The minimum atomic E-state index is -0.984. The Kier molecular flexibility index (Phi) is 4.80. The zero-order valence-corrected chi connectivity index (χ0v) is 12.2. The van der Waals surface area contributed by atoms with Gasteiger partial charge in [0.05, 0.1) is 18.8 Å². The number of nitrogens with zero attached hydrogens (tertiary/aromatic N) is 1. The molecule has 1 heterocycles. The van der Waals surface area contributed by atoms with E-state index in [1.807, 2.05) is 0 Å². The third kappa shape index (κ3) is 3.72. The van der Waals surface area contributed by atoms with Gasteiger partial charge in [-0.15, -0.1) is 0 Å². The first-order valence-corrected chi connectivity index (χ1v) is 6.86. The number of amides is 1.